The molecular weight excluding hydrogens is 226 g/mol. The van der Waals surface area contributed by atoms with Gasteiger partial charge in [0.05, 0.1) is 17.2 Å². The van der Waals surface area contributed by atoms with Gasteiger partial charge in [0.15, 0.2) is 0 Å². The first kappa shape index (κ1) is 12.0. The van der Waals surface area contributed by atoms with Crippen LogP contribution in [-0.4, -0.2) is 15.7 Å². The number of nitrogens with zero attached hydrogens (tertiary/aromatic N) is 3. The van der Waals surface area contributed by atoms with Crippen molar-refractivity contribution in [1.82, 2.24) is 9.78 Å². The van der Waals surface area contributed by atoms with Crippen molar-refractivity contribution in [3.63, 3.8) is 0 Å². The molecule has 0 saturated carbocycles. The smallest absolute Gasteiger partial charge is 0.250 e. The van der Waals surface area contributed by atoms with Crippen molar-refractivity contribution in [2.24, 2.45) is 4.99 Å². The lowest BCUT2D eigenvalue weighted by Crippen LogP contribution is -2.10. The second kappa shape index (κ2) is 5.72. The predicted molar refractivity (Wildman–Crippen MR) is 68.9 cm³/mol. The lowest BCUT2D eigenvalue weighted by Gasteiger charge is -2.03. The van der Waals surface area contributed by atoms with E-state index >= 15 is 0 Å². The molecule has 0 atom stereocenters. The SMILES string of the molecule is C=CCC(=O)N=c1ccn(-c2ccccc2)nc1. The summed E-state index contributed by atoms with van der Waals surface area (Å²) < 4.78 is 1.72. The van der Waals surface area contributed by atoms with E-state index in [1.165, 1.54) is 6.08 Å². The summed E-state index contributed by atoms with van der Waals surface area (Å²) in [4.78, 5) is 15.2. The fourth-order valence-corrected chi connectivity index (χ4v) is 1.46. The first-order valence-electron chi connectivity index (χ1n) is 5.58. The number of para-hydroxylation sites is 1. The van der Waals surface area contributed by atoms with Gasteiger partial charge in [-0.1, -0.05) is 24.3 Å². The minimum atomic E-state index is -0.218. The molecule has 0 aliphatic rings. The zero-order chi connectivity index (χ0) is 12.8. The molecule has 0 aliphatic carbocycles. The van der Waals surface area contributed by atoms with Crippen LogP contribution in [0, 0.1) is 0 Å². The highest BCUT2D eigenvalue weighted by atomic mass is 16.1. The first-order chi connectivity index (χ1) is 8.79. The van der Waals surface area contributed by atoms with Crippen LogP contribution in [0.15, 0.2) is 66.4 Å². The number of hydrogen-bond acceptors (Lipinski definition) is 2. The summed E-state index contributed by atoms with van der Waals surface area (Å²) >= 11 is 0. The molecule has 0 spiro atoms. The Balaban J connectivity index is 2.26. The number of carbonyl (C=O) groups is 1. The molecule has 4 nitrogen and oxygen atoms in total. The third-order valence-electron chi connectivity index (χ3n) is 2.29. The third kappa shape index (κ3) is 3.01. The van der Waals surface area contributed by atoms with Crippen molar-refractivity contribution in [3.8, 4) is 5.69 Å². The van der Waals surface area contributed by atoms with Gasteiger partial charge in [0.25, 0.3) is 0 Å². The van der Waals surface area contributed by atoms with Gasteiger partial charge in [-0.3, -0.25) is 4.79 Å². The van der Waals surface area contributed by atoms with Crippen LogP contribution in [0.2, 0.25) is 0 Å². The van der Waals surface area contributed by atoms with E-state index in [0.717, 1.165) is 5.69 Å². The van der Waals surface area contributed by atoms with E-state index in [0.29, 0.717) is 5.36 Å². The molecule has 1 heterocycles. The highest BCUT2D eigenvalue weighted by molar-refractivity contribution is 5.78. The lowest BCUT2D eigenvalue weighted by molar-refractivity contribution is -0.117. The summed E-state index contributed by atoms with van der Waals surface area (Å²) in [6.45, 7) is 3.50. The molecule has 18 heavy (non-hydrogen) atoms. The summed E-state index contributed by atoms with van der Waals surface area (Å²) in [6.07, 6.45) is 5.11. The van der Waals surface area contributed by atoms with Crippen LogP contribution in [-0.2, 0) is 4.79 Å². The zero-order valence-corrected chi connectivity index (χ0v) is 9.86. The van der Waals surface area contributed by atoms with Gasteiger partial charge < -0.3 is 0 Å². The summed E-state index contributed by atoms with van der Waals surface area (Å²) in [5.41, 5.74) is 0.960. The Hall–Kier alpha value is -2.49. The van der Waals surface area contributed by atoms with Crippen LogP contribution in [0.3, 0.4) is 0 Å². The van der Waals surface area contributed by atoms with Crippen molar-refractivity contribution in [1.29, 1.82) is 0 Å². The van der Waals surface area contributed by atoms with E-state index in [-0.39, 0.29) is 12.3 Å². The molecule has 2 rings (SSSR count). The van der Waals surface area contributed by atoms with E-state index < -0.39 is 0 Å². The molecule has 0 fully saturated rings. The highest BCUT2D eigenvalue weighted by Crippen LogP contribution is 2.02. The highest BCUT2D eigenvalue weighted by Gasteiger charge is 1.95. The largest absolute Gasteiger partial charge is 0.272 e. The van der Waals surface area contributed by atoms with E-state index in [1.54, 1.807) is 23.1 Å². The molecule has 1 amide bonds. The van der Waals surface area contributed by atoms with Crippen LogP contribution in [0.25, 0.3) is 5.69 Å². The lowest BCUT2D eigenvalue weighted by atomic mass is 10.3. The molecule has 1 aromatic carbocycles. The zero-order valence-electron chi connectivity index (χ0n) is 9.86. The van der Waals surface area contributed by atoms with Crippen LogP contribution < -0.4 is 5.36 Å². The number of amides is 1. The average molecular weight is 239 g/mol. The molecule has 0 aliphatic heterocycles. The number of aromatic nitrogens is 2. The molecule has 2 aromatic rings. The fourth-order valence-electron chi connectivity index (χ4n) is 1.46. The van der Waals surface area contributed by atoms with Gasteiger partial charge in [-0.25, -0.2) is 9.67 Å². The monoisotopic (exact) mass is 239 g/mol. The Labute approximate surface area is 105 Å². The second-order valence-electron chi connectivity index (χ2n) is 3.66. The quantitative estimate of drug-likeness (QED) is 0.768. The molecule has 0 bridgehead atoms. The molecular formula is C14H13N3O. The normalized spacial score (nSPS) is 11.2. The molecule has 0 N–H and O–H groups in total. The molecule has 0 saturated heterocycles. The van der Waals surface area contributed by atoms with Crippen molar-refractivity contribution in [2.45, 2.75) is 6.42 Å². The van der Waals surface area contributed by atoms with E-state index in [2.05, 4.69) is 16.7 Å². The summed E-state index contributed by atoms with van der Waals surface area (Å²) in [5, 5.41) is 4.76. The van der Waals surface area contributed by atoms with Gasteiger partial charge in [-0.15, -0.1) is 6.58 Å². The van der Waals surface area contributed by atoms with Crippen LogP contribution in [0.4, 0.5) is 0 Å². The summed E-state index contributed by atoms with van der Waals surface area (Å²) in [5.74, 6) is -0.218. The molecule has 1 aromatic heterocycles. The van der Waals surface area contributed by atoms with Crippen molar-refractivity contribution < 1.29 is 4.79 Å². The molecule has 4 heteroatoms. The van der Waals surface area contributed by atoms with Crippen molar-refractivity contribution in [2.75, 3.05) is 0 Å². The predicted octanol–water partition coefficient (Wildman–Crippen LogP) is 1.88. The third-order valence-corrected chi connectivity index (χ3v) is 2.29. The van der Waals surface area contributed by atoms with Gasteiger partial charge in [-0.05, 0) is 18.2 Å². The van der Waals surface area contributed by atoms with Gasteiger partial charge in [0, 0.05) is 12.6 Å². The summed E-state index contributed by atoms with van der Waals surface area (Å²) in [7, 11) is 0. The Morgan fingerprint density at radius 1 is 1.33 bits per heavy atom. The van der Waals surface area contributed by atoms with Crippen molar-refractivity contribution in [3.05, 3.63) is 66.8 Å². The molecule has 0 unspecified atom stereocenters. The van der Waals surface area contributed by atoms with Gasteiger partial charge in [-0.2, -0.15) is 5.10 Å². The van der Waals surface area contributed by atoms with E-state index in [1.807, 2.05) is 30.3 Å². The molecule has 0 radical (unpaired) electrons. The van der Waals surface area contributed by atoms with Gasteiger partial charge in [0.2, 0.25) is 5.91 Å². The standard InChI is InChI=1S/C14H13N3O/c1-2-6-14(18)16-12-9-10-17(15-11-12)13-7-4-3-5-8-13/h2-5,7-11H,1,6H2. The van der Waals surface area contributed by atoms with Gasteiger partial charge >= 0.3 is 0 Å². The van der Waals surface area contributed by atoms with Crippen LogP contribution >= 0.6 is 0 Å². The Morgan fingerprint density at radius 2 is 2.11 bits per heavy atom. The maximum absolute atomic E-state index is 11.3. The summed E-state index contributed by atoms with van der Waals surface area (Å²) in [6, 6.07) is 11.5. The number of benzene rings is 1. The topological polar surface area (TPSA) is 47.2 Å². The second-order valence-corrected chi connectivity index (χ2v) is 3.66. The maximum Gasteiger partial charge on any atom is 0.250 e. The maximum atomic E-state index is 11.3. The minimum Gasteiger partial charge on any atom is -0.272 e. The average Bonchev–Trinajstić information content (AvgIpc) is 2.41. The Kier molecular flexibility index (Phi) is 3.81. The van der Waals surface area contributed by atoms with Crippen LogP contribution in [0.5, 0.6) is 0 Å². The number of carbonyl (C=O) groups excluding carboxylic acids is 1. The van der Waals surface area contributed by atoms with E-state index in [4.69, 9.17) is 0 Å². The number of hydrogen-bond donors (Lipinski definition) is 0. The van der Waals surface area contributed by atoms with E-state index in [9.17, 15) is 4.79 Å². The van der Waals surface area contributed by atoms with Crippen molar-refractivity contribution >= 4 is 5.91 Å². The minimum absolute atomic E-state index is 0.218. The Bertz CT molecular complexity index is 594. The molecule has 90 valence electrons. The first-order valence-corrected chi connectivity index (χ1v) is 5.58. The Morgan fingerprint density at radius 3 is 2.72 bits per heavy atom. The van der Waals surface area contributed by atoms with Crippen LogP contribution in [0.1, 0.15) is 6.42 Å². The fraction of sp³-hybridized carbons (Fsp3) is 0.0714. The van der Waals surface area contributed by atoms with Gasteiger partial charge in [0.1, 0.15) is 0 Å². The number of rotatable bonds is 3.